The predicted octanol–water partition coefficient (Wildman–Crippen LogP) is 2.74. The molecule has 136 valence electrons. The Bertz CT molecular complexity index is 889. The number of nitrogen functional groups attached to an aromatic ring is 1. The third-order valence-electron chi connectivity index (χ3n) is 3.42. The van der Waals surface area contributed by atoms with Crippen LogP contribution in [0.25, 0.3) is 11.3 Å². The van der Waals surface area contributed by atoms with Crippen LogP contribution in [0.2, 0.25) is 10.0 Å². The highest BCUT2D eigenvalue weighted by Crippen LogP contribution is 2.28. The smallest absolute Gasteiger partial charge is 0.277 e. The topological polar surface area (TPSA) is 119 Å². The van der Waals surface area contributed by atoms with Gasteiger partial charge in [-0.05, 0) is 40.6 Å². The van der Waals surface area contributed by atoms with E-state index in [0.29, 0.717) is 35.4 Å². The van der Waals surface area contributed by atoms with E-state index in [9.17, 15) is 4.79 Å². The quantitative estimate of drug-likeness (QED) is 0.526. The molecule has 8 nitrogen and oxygen atoms in total. The largest absolute Gasteiger partial charge is 0.460 e. The Morgan fingerprint density at radius 2 is 1.88 bits per heavy atom. The highest BCUT2D eigenvalue weighted by Gasteiger charge is 2.14. The Morgan fingerprint density at radius 3 is 2.58 bits per heavy atom. The van der Waals surface area contributed by atoms with Crippen molar-refractivity contribution in [1.82, 2.24) is 20.9 Å². The second-order valence-corrected chi connectivity index (χ2v) is 6.23. The Hall–Kier alpha value is -2.55. The molecule has 0 aliphatic carbocycles. The van der Waals surface area contributed by atoms with Crippen LogP contribution in [0.1, 0.15) is 16.2 Å². The van der Waals surface area contributed by atoms with Gasteiger partial charge in [-0.25, -0.2) is 4.63 Å². The summed E-state index contributed by atoms with van der Waals surface area (Å²) in [5, 5.41) is 13.7. The van der Waals surface area contributed by atoms with Crippen LogP contribution in [0.3, 0.4) is 0 Å². The molecule has 0 saturated heterocycles. The lowest BCUT2D eigenvalue weighted by molar-refractivity contribution is 0.0944. The number of amides is 1. The zero-order valence-corrected chi connectivity index (χ0v) is 15.0. The van der Waals surface area contributed by atoms with Crippen LogP contribution in [0.4, 0.5) is 5.82 Å². The molecule has 10 heteroatoms. The molecule has 3 rings (SSSR count). The van der Waals surface area contributed by atoms with E-state index in [4.69, 9.17) is 33.4 Å². The number of carbonyl (C=O) groups excluding carboxylic acids is 1. The van der Waals surface area contributed by atoms with Crippen LogP contribution in [-0.2, 0) is 6.54 Å². The van der Waals surface area contributed by atoms with E-state index < -0.39 is 5.91 Å². The van der Waals surface area contributed by atoms with Gasteiger partial charge in [0.05, 0.1) is 6.54 Å². The van der Waals surface area contributed by atoms with E-state index in [1.807, 2.05) is 12.1 Å². The maximum Gasteiger partial charge on any atom is 0.277 e. The Kier molecular flexibility index (Phi) is 5.77. The molecule has 0 aliphatic rings. The van der Waals surface area contributed by atoms with Gasteiger partial charge >= 0.3 is 0 Å². The van der Waals surface area contributed by atoms with Crippen molar-refractivity contribution in [2.45, 2.75) is 6.54 Å². The van der Waals surface area contributed by atoms with E-state index in [1.165, 1.54) is 0 Å². The first-order valence-electron chi connectivity index (χ1n) is 7.65. The van der Waals surface area contributed by atoms with Crippen LogP contribution in [0.15, 0.2) is 39.4 Å². The first-order chi connectivity index (χ1) is 12.5. The van der Waals surface area contributed by atoms with E-state index >= 15 is 0 Å². The monoisotopic (exact) mass is 395 g/mol. The second kappa shape index (κ2) is 8.22. The summed E-state index contributed by atoms with van der Waals surface area (Å²) < 4.78 is 10.1. The molecule has 0 radical (unpaired) electrons. The molecular weight excluding hydrogens is 381 g/mol. The van der Waals surface area contributed by atoms with Gasteiger partial charge in [0.25, 0.3) is 5.91 Å². The van der Waals surface area contributed by atoms with Crippen LogP contribution in [0, 0.1) is 0 Å². The highest BCUT2D eigenvalue weighted by molar-refractivity contribution is 6.35. The van der Waals surface area contributed by atoms with Crippen molar-refractivity contribution in [2.24, 2.45) is 0 Å². The van der Waals surface area contributed by atoms with Crippen molar-refractivity contribution in [3.05, 3.63) is 51.8 Å². The summed E-state index contributed by atoms with van der Waals surface area (Å²) in [6.07, 6.45) is 0. The summed E-state index contributed by atoms with van der Waals surface area (Å²) in [5.74, 6) is 0.934. The number of aromatic nitrogens is 2. The van der Waals surface area contributed by atoms with Gasteiger partial charge in [-0.1, -0.05) is 23.2 Å². The average Bonchev–Trinajstić information content (AvgIpc) is 3.22. The molecule has 0 spiro atoms. The fourth-order valence-corrected chi connectivity index (χ4v) is 2.76. The van der Waals surface area contributed by atoms with Crippen molar-refractivity contribution in [3.63, 3.8) is 0 Å². The molecule has 0 aliphatic heterocycles. The van der Waals surface area contributed by atoms with Crippen molar-refractivity contribution in [2.75, 3.05) is 18.8 Å². The molecule has 1 amide bonds. The Labute approximate surface area is 158 Å². The number of furan rings is 1. The highest BCUT2D eigenvalue weighted by atomic mass is 35.5. The molecule has 0 bridgehead atoms. The molecule has 0 unspecified atom stereocenters. The van der Waals surface area contributed by atoms with Gasteiger partial charge in [-0.2, -0.15) is 0 Å². The number of nitrogens with zero attached hydrogens (tertiary/aromatic N) is 2. The van der Waals surface area contributed by atoms with Crippen LogP contribution in [0.5, 0.6) is 0 Å². The number of halogens is 2. The van der Waals surface area contributed by atoms with Crippen molar-refractivity contribution < 1.29 is 13.8 Å². The molecular formula is C16H15Cl2N5O3. The van der Waals surface area contributed by atoms with Gasteiger partial charge in [-0.15, -0.1) is 0 Å². The van der Waals surface area contributed by atoms with E-state index in [2.05, 4.69) is 25.6 Å². The van der Waals surface area contributed by atoms with E-state index in [1.54, 1.807) is 18.2 Å². The van der Waals surface area contributed by atoms with Gasteiger partial charge in [0.1, 0.15) is 11.5 Å². The lowest BCUT2D eigenvalue weighted by Crippen LogP contribution is -2.32. The molecule has 4 N–H and O–H groups in total. The number of carbonyl (C=O) groups is 1. The maximum absolute atomic E-state index is 11.8. The fraction of sp³-hybridized carbons (Fsp3) is 0.188. The fourth-order valence-electron chi connectivity index (χ4n) is 2.24. The molecule has 3 aromatic rings. The molecule has 26 heavy (non-hydrogen) atoms. The summed E-state index contributed by atoms with van der Waals surface area (Å²) in [4.78, 5) is 11.8. The van der Waals surface area contributed by atoms with Gasteiger partial charge in [0.15, 0.2) is 0 Å². The van der Waals surface area contributed by atoms with Crippen LogP contribution < -0.4 is 16.4 Å². The molecule has 0 fully saturated rings. The Balaban J connectivity index is 1.45. The number of hydrogen-bond acceptors (Lipinski definition) is 7. The summed E-state index contributed by atoms with van der Waals surface area (Å²) in [6.45, 7) is 1.40. The van der Waals surface area contributed by atoms with Gasteiger partial charge in [-0.3, -0.25) is 4.79 Å². The van der Waals surface area contributed by atoms with Gasteiger partial charge in [0.2, 0.25) is 11.5 Å². The molecule has 0 atom stereocenters. The number of anilines is 1. The van der Waals surface area contributed by atoms with Crippen molar-refractivity contribution in [3.8, 4) is 11.3 Å². The Morgan fingerprint density at radius 1 is 1.12 bits per heavy atom. The SMILES string of the molecule is Nc1nonc1C(=O)NCCNCc1ccc(-c2cc(Cl)cc(Cl)c2)o1. The normalized spacial score (nSPS) is 10.8. The summed E-state index contributed by atoms with van der Waals surface area (Å²) in [7, 11) is 0. The number of nitrogens with one attached hydrogen (secondary N) is 2. The minimum absolute atomic E-state index is 0.0270. The number of hydrogen-bond donors (Lipinski definition) is 3. The van der Waals surface area contributed by atoms with Crippen LogP contribution >= 0.6 is 23.2 Å². The predicted molar refractivity (Wildman–Crippen MR) is 96.9 cm³/mol. The summed E-state index contributed by atoms with van der Waals surface area (Å²) in [5.41, 5.74) is 6.22. The first-order valence-corrected chi connectivity index (χ1v) is 8.40. The molecule has 2 aromatic heterocycles. The molecule has 2 heterocycles. The lowest BCUT2D eigenvalue weighted by atomic mass is 10.2. The molecule has 1 aromatic carbocycles. The minimum Gasteiger partial charge on any atom is -0.460 e. The third-order valence-corrected chi connectivity index (χ3v) is 3.86. The lowest BCUT2D eigenvalue weighted by Gasteiger charge is -2.04. The van der Waals surface area contributed by atoms with Crippen LogP contribution in [-0.4, -0.2) is 29.3 Å². The van der Waals surface area contributed by atoms with E-state index in [-0.39, 0.29) is 11.5 Å². The summed E-state index contributed by atoms with van der Waals surface area (Å²) >= 11 is 12.0. The summed E-state index contributed by atoms with van der Waals surface area (Å²) in [6, 6.07) is 8.93. The zero-order chi connectivity index (χ0) is 18.5. The number of benzene rings is 1. The second-order valence-electron chi connectivity index (χ2n) is 5.35. The number of nitrogens with two attached hydrogens (primary N) is 1. The zero-order valence-electron chi connectivity index (χ0n) is 13.5. The maximum atomic E-state index is 11.8. The third kappa shape index (κ3) is 4.54. The van der Waals surface area contributed by atoms with E-state index in [0.717, 1.165) is 11.3 Å². The van der Waals surface area contributed by atoms with Crippen molar-refractivity contribution in [1.29, 1.82) is 0 Å². The minimum atomic E-state index is -0.441. The molecule has 0 saturated carbocycles. The van der Waals surface area contributed by atoms with Crippen molar-refractivity contribution >= 4 is 34.9 Å². The average molecular weight is 396 g/mol. The first kappa shape index (κ1) is 18.2. The van der Waals surface area contributed by atoms with Gasteiger partial charge in [0, 0.05) is 28.7 Å². The van der Waals surface area contributed by atoms with Gasteiger partial charge < -0.3 is 20.8 Å². The number of rotatable bonds is 7. The standard InChI is InChI=1S/C16H15Cl2N5O3/c17-10-5-9(6-11(18)7-10)13-2-1-12(25-13)8-20-3-4-21-16(24)14-15(19)23-26-22-14/h1-2,5-7,20H,3-4,8H2,(H2,19,23)(H,21,24).